The van der Waals surface area contributed by atoms with E-state index >= 15 is 0 Å². The number of alkyl halides is 6. The van der Waals surface area contributed by atoms with E-state index in [2.05, 4.69) is 19.9 Å². The summed E-state index contributed by atoms with van der Waals surface area (Å²) in [5.41, 5.74) is -1.28. The van der Waals surface area contributed by atoms with Crippen LogP contribution in [0.5, 0.6) is 11.5 Å². The Morgan fingerprint density at radius 3 is 2.27 bits per heavy atom. The Morgan fingerprint density at radius 2 is 1.59 bits per heavy atom. The van der Waals surface area contributed by atoms with Crippen LogP contribution in [0.2, 0.25) is 0 Å². The van der Waals surface area contributed by atoms with Crippen LogP contribution in [0.4, 0.5) is 42.5 Å². The number of imidazole rings is 1. The second-order valence-electron chi connectivity index (χ2n) is 7.75. The molecule has 0 aliphatic carbocycles. The maximum absolute atomic E-state index is 13.0. The number of nitrogens with zero attached hydrogens (tertiary/aromatic N) is 5. The number of hydrogen-bond acceptors (Lipinski definition) is 6. The van der Waals surface area contributed by atoms with Crippen LogP contribution in [0.15, 0.2) is 55.0 Å². The minimum atomic E-state index is -4.68. The predicted molar refractivity (Wildman–Crippen MR) is 115 cm³/mol. The average molecular weight is 522 g/mol. The standard InChI is InChI=1S/C22H12F6N6O3/c23-21(24,25)11-5-13(8-29-7-11)33-10-17(35)34(20(33)36)12-1-3-14(4-2-12)37-15-6-16-18(30-9-15)32-19(31-16)22(26,27)28/h1-9H,10H2,(H,30,31,32). The maximum atomic E-state index is 13.0. The minimum Gasteiger partial charge on any atom is -0.456 e. The van der Waals surface area contributed by atoms with Gasteiger partial charge in [-0.25, -0.2) is 19.7 Å². The Balaban J connectivity index is 1.33. The van der Waals surface area contributed by atoms with E-state index in [1.807, 2.05) is 0 Å². The molecule has 3 amide bonds. The molecule has 190 valence electrons. The van der Waals surface area contributed by atoms with Crippen LogP contribution >= 0.6 is 0 Å². The van der Waals surface area contributed by atoms with Crippen molar-refractivity contribution >= 4 is 34.5 Å². The fourth-order valence-electron chi connectivity index (χ4n) is 3.56. The molecule has 4 heterocycles. The SMILES string of the molecule is O=C1CN(c2cncc(C(F)(F)F)c2)C(=O)N1c1ccc(Oc2cnc3nc(C(F)(F)F)[nH]c3c2)cc1. The number of aromatic nitrogens is 4. The van der Waals surface area contributed by atoms with Gasteiger partial charge in [-0.05, 0) is 30.3 Å². The summed E-state index contributed by atoms with van der Waals surface area (Å²) < 4.78 is 83.1. The van der Waals surface area contributed by atoms with Gasteiger partial charge in [0.25, 0.3) is 5.91 Å². The third-order valence-electron chi connectivity index (χ3n) is 5.24. The molecule has 4 aromatic rings. The van der Waals surface area contributed by atoms with Gasteiger partial charge in [0.15, 0.2) is 5.65 Å². The van der Waals surface area contributed by atoms with Gasteiger partial charge in [0.05, 0.1) is 34.8 Å². The number of nitrogens with one attached hydrogen (secondary N) is 1. The highest BCUT2D eigenvalue weighted by atomic mass is 19.4. The van der Waals surface area contributed by atoms with E-state index in [1.165, 1.54) is 36.5 Å². The van der Waals surface area contributed by atoms with Crippen molar-refractivity contribution in [2.75, 3.05) is 16.3 Å². The molecule has 0 spiro atoms. The van der Waals surface area contributed by atoms with Gasteiger partial charge in [-0.1, -0.05) is 0 Å². The number of aromatic amines is 1. The number of ether oxygens (including phenoxy) is 1. The zero-order chi connectivity index (χ0) is 26.5. The molecule has 37 heavy (non-hydrogen) atoms. The monoisotopic (exact) mass is 522 g/mol. The highest BCUT2D eigenvalue weighted by molar-refractivity contribution is 6.26. The molecule has 1 saturated heterocycles. The first-order valence-corrected chi connectivity index (χ1v) is 10.3. The molecule has 9 nitrogen and oxygen atoms in total. The Kier molecular flexibility index (Phi) is 5.49. The molecule has 1 N–H and O–H groups in total. The number of urea groups is 1. The Labute approximate surface area is 202 Å². The summed E-state index contributed by atoms with van der Waals surface area (Å²) in [5, 5.41) is 0. The molecule has 1 aliphatic heterocycles. The third kappa shape index (κ3) is 4.62. The molecule has 0 unspecified atom stereocenters. The van der Waals surface area contributed by atoms with E-state index < -0.39 is 42.2 Å². The topological polar surface area (TPSA) is 104 Å². The van der Waals surface area contributed by atoms with E-state index in [1.54, 1.807) is 0 Å². The molecular weight excluding hydrogens is 510 g/mol. The Hall–Kier alpha value is -4.69. The minimum absolute atomic E-state index is 0.00104. The summed E-state index contributed by atoms with van der Waals surface area (Å²) in [6.45, 7) is -0.490. The Morgan fingerprint density at radius 1 is 0.865 bits per heavy atom. The van der Waals surface area contributed by atoms with Crippen LogP contribution in [-0.2, 0) is 17.1 Å². The summed E-state index contributed by atoms with van der Waals surface area (Å²) in [4.78, 5) is 39.8. The summed E-state index contributed by atoms with van der Waals surface area (Å²) in [6.07, 6.45) is -6.52. The van der Waals surface area contributed by atoms with Gasteiger partial charge in [0, 0.05) is 12.3 Å². The lowest BCUT2D eigenvalue weighted by atomic mass is 10.2. The molecule has 1 aliphatic rings. The van der Waals surface area contributed by atoms with Gasteiger partial charge in [0.1, 0.15) is 18.0 Å². The van der Waals surface area contributed by atoms with Crippen LogP contribution in [-0.4, -0.2) is 38.4 Å². The van der Waals surface area contributed by atoms with Gasteiger partial charge in [-0.2, -0.15) is 26.3 Å². The molecule has 1 aromatic carbocycles. The maximum Gasteiger partial charge on any atom is 0.449 e. The van der Waals surface area contributed by atoms with Crippen LogP contribution in [0, 0.1) is 0 Å². The molecule has 0 radical (unpaired) electrons. The zero-order valence-corrected chi connectivity index (χ0v) is 18.1. The zero-order valence-electron chi connectivity index (χ0n) is 18.1. The van der Waals surface area contributed by atoms with E-state index in [4.69, 9.17) is 4.74 Å². The van der Waals surface area contributed by atoms with Crippen molar-refractivity contribution < 1.29 is 40.7 Å². The molecular formula is C22H12F6N6O3. The first-order chi connectivity index (χ1) is 17.4. The molecule has 15 heteroatoms. The van der Waals surface area contributed by atoms with Crippen molar-refractivity contribution in [2.24, 2.45) is 0 Å². The van der Waals surface area contributed by atoms with Gasteiger partial charge < -0.3 is 9.72 Å². The summed E-state index contributed by atoms with van der Waals surface area (Å²) in [6, 6.07) is 6.64. The second-order valence-corrected chi connectivity index (χ2v) is 7.75. The van der Waals surface area contributed by atoms with E-state index in [0.29, 0.717) is 6.20 Å². The predicted octanol–water partition coefficient (Wildman–Crippen LogP) is 5.16. The van der Waals surface area contributed by atoms with Crippen molar-refractivity contribution in [3.8, 4) is 11.5 Å². The average Bonchev–Trinajstić information content (AvgIpc) is 3.40. The number of anilines is 2. The van der Waals surface area contributed by atoms with Gasteiger partial charge in [-0.15, -0.1) is 0 Å². The van der Waals surface area contributed by atoms with Crippen molar-refractivity contribution in [1.82, 2.24) is 19.9 Å². The van der Waals surface area contributed by atoms with Crippen LogP contribution in [0.3, 0.4) is 0 Å². The smallest absolute Gasteiger partial charge is 0.449 e. The number of fused-ring (bicyclic) bond motifs is 1. The number of amides is 3. The normalized spacial score (nSPS) is 14.6. The highest BCUT2D eigenvalue weighted by Gasteiger charge is 2.39. The summed E-state index contributed by atoms with van der Waals surface area (Å²) >= 11 is 0. The molecule has 1 fully saturated rings. The Bertz CT molecular complexity index is 1520. The number of benzene rings is 1. The van der Waals surface area contributed by atoms with Gasteiger partial charge in [-0.3, -0.25) is 14.7 Å². The lowest BCUT2D eigenvalue weighted by Gasteiger charge is -2.18. The number of halogens is 6. The first-order valence-electron chi connectivity index (χ1n) is 10.3. The van der Waals surface area contributed by atoms with Gasteiger partial charge in [0.2, 0.25) is 5.82 Å². The van der Waals surface area contributed by atoms with Crippen molar-refractivity contribution in [3.63, 3.8) is 0 Å². The number of rotatable bonds is 4. The van der Waals surface area contributed by atoms with Gasteiger partial charge >= 0.3 is 18.4 Å². The second kappa shape index (κ2) is 8.46. The van der Waals surface area contributed by atoms with Crippen molar-refractivity contribution in [1.29, 1.82) is 0 Å². The molecule has 3 aromatic heterocycles. The molecule has 0 atom stereocenters. The van der Waals surface area contributed by atoms with E-state index in [0.717, 1.165) is 22.1 Å². The lowest BCUT2D eigenvalue weighted by molar-refractivity contribution is -0.144. The van der Waals surface area contributed by atoms with Crippen LogP contribution in [0.25, 0.3) is 11.2 Å². The number of imide groups is 1. The first kappa shape index (κ1) is 24.0. The lowest BCUT2D eigenvalue weighted by Crippen LogP contribution is -2.33. The molecule has 0 bridgehead atoms. The van der Waals surface area contributed by atoms with Crippen LogP contribution in [0.1, 0.15) is 11.4 Å². The fourth-order valence-corrected chi connectivity index (χ4v) is 3.56. The van der Waals surface area contributed by atoms with Crippen molar-refractivity contribution in [2.45, 2.75) is 12.4 Å². The quantitative estimate of drug-likeness (QED) is 0.294. The van der Waals surface area contributed by atoms with Crippen LogP contribution < -0.4 is 14.5 Å². The third-order valence-corrected chi connectivity index (χ3v) is 5.24. The highest BCUT2D eigenvalue weighted by Crippen LogP contribution is 2.34. The number of pyridine rings is 2. The number of H-pyrrole nitrogens is 1. The molecule has 5 rings (SSSR count). The summed E-state index contributed by atoms with van der Waals surface area (Å²) in [7, 11) is 0. The largest absolute Gasteiger partial charge is 0.456 e. The van der Waals surface area contributed by atoms with E-state index in [-0.39, 0.29) is 34.0 Å². The molecule has 0 saturated carbocycles. The number of hydrogen-bond donors (Lipinski definition) is 1. The van der Waals surface area contributed by atoms with Crippen molar-refractivity contribution in [3.05, 3.63) is 66.4 Å². The number of carbonyl (C=O) groups is 2. The summed E-state index contributed by atoms with van der Waals surface area (Å²) in [5.74, 6) is -1.58. The fraction of sp³-hybridized carbons (Fsp3) is 0.136. The van der Waals surface area contributed by atoms with E-state index in [9.17, 15) is 35.9 Å². The number of carbonyl (C=O) groups excluding carboxylic acids is 2.